The lowest BCUT2D eigenvalue weighted by molar-refractivity contribution is 0.102. The molecule has 0 aliphatic rings. The van der Waals surface area contributed by atoms with Gasteiger partial charge in [-0.1, -0.05) is 27.2 Å². The Morgan fingerprint density at radius 2 is 2.33 bits per heavy atom. The molecule has 0 saturated heterocycles. The molecule has 0 atom stereocenters. The van der Waals surface area contributed by atoms with E-state index < -0.39 is 0 Å². The van der Waals surface area contributed by atoms with Gasteiger partial charge in [0.15, 0.2) is 0 Å². The molecule has 15 heavy (non-hydrogen) atoms. The van der Waals surface area contributed by atoms with E-state index in [1.165, 1.54) is 12.5 Å². The van der Waals surface area contributed by atoms with Gasteiger partial charge in [0.25, 0.3) is 5.91 Å². The number of carbonyl (C=O) groups is 1. The minimum absolute atomic E-state index is 0.241. The van der Waals surface area contributed by atoms with E-state index in [0.29, 0.717) is 5.56 Å². The molecule has 0 saturated carbocycles. The predicted octanol–water partition coefficient (Wildman–Crippen LogP) is 2.69. The second-order valence-corrected chi connectivity index (χ2v) is 3.79. The Morgan fingerprint density at radius 1 is 1.47 bits per heavy atom. The number of nitrogens with one attached hydrogen (secondary N) is 1. The maximum Gasteiger partial charge on any atom is 0.260 e. The molecule has 2 aromatic rings. The number of anilines is 1. The third kappa shape index (κ3) is 2.44. The van der Waals surface area contributed by atoms with Crippen LogP contribution in [0.5, 0.6) is 0 Å². The lowest BCUT2D eigenvalue weighted by Crippen LogP contribution is -2.10. The number of carbonyl (C=O) groups excluding carboxylic acids is 1. The van der Waals surface area contributed by atoms with E-state index in [-0.39, 0.29) is 5.91 Å². The SMILES string of the molecule is O=C(Nc1cccc(Br)c1)c1cnoc1. The fraction of sp³-hybridized carbons (Fsp3) is 0. The van der Waals surface area contributed by atoms with E-state index in [4.69, 9.17) is 0 Å². The van der Waals surface area contributed by atoms with Crippen molar-refractivity contribution in [2.24, 2.45) is 0 Å². The standard InChI is InChI=1S/C10H7BrN2O2/c11-8-2-1-3-9(4-8)13-10(14)7-5-12-15-6-7/h1-6H,(H,13,14). The molecule has 76 valence electrons. The fourth-order valence-electron chi connectivity index (χ4n) is 1.09. The van der Waals surface area contributed by atoms with Gasteiger partial charge in [-0.25, -0.2) is 0 Å². The van der Waals surface area contributed by atoms with Gasteiger partial charge in [-0.3, -0.25) is 4.79 Å². The summed E-state index contributed by atoms with van der Waals surface area (Å²) in [4.78, 5) is 11.6. The molecule has 1 amide bonds. The largest absolute Gasteiger partial charge is 0.364 e. The van der Waals surface area contributed by atoms with Crippen molar-refractivity contribution in [3.05, 3.63) is 46.8 Å². The van der Waals surface area contributed by atoms with Crippen LogP contribution >= 0.6 is 15.9 Å². The number of hydrogen-bond acceptors (Lipinski definition) is 3. The first kappa shape index (κ1) is 9.92. The van der Waals surface area contributed by atoms with Crippen molar-refractivity contribution in [1.82, 2.24) is 5.16 Å². The summed E-state index contributed by atoms with van der Waals surface area (Å²) in [5.74, 6) is -0.241. The third-order valence-electron chi connectivity index (χ3n) is 1.78. The smallest absolute Gasteiger partial charge is 0.260 e. The Morgan fingerprint density at radius 3 is 3.00 bits per heavy atom. The normalized spacial score (nSPS) is 9.93. The summed E-state index contributed by atoms with van der Waals surface area (Å²) in [5.41, 5.74) is 1.12. The van der Waals surface area contributed by atoms with Crippen LogP contribution in [0.15, 0.2) is 45.7 Å². The molecule has 0 bridgehead atoms. The Kier molecular flexibility index (Phi) is 2.82. The summed E-state index contributed by atoms with van der Waals surface area (Å²) in [6.07, 6.45) is 2.67. The van der Waals surface area contributed by atoms with E-state index in [1.54, 1.807) is 6.07 Å². The van der Waals surface area contributed by atoms with Gasteiger partial charge >= 0.3 is 0 Å². The van der Waals surface area contributed by atoms with E-state index in [1.807, 2.05) is 18.2 Å². The molecule has 0 unspecified atom stereocenters. The molecule has 0 spiro atoms. The quantitative estimate of drug-likeness (QED) is 0.910. The molecule has 0 fully saturated rings. The molecule has 1 aromatic carbocycles. The first-order chi connectivity index (χ1) is 7.25. The van der Waals surface area contributed by atoms with Gasteiger partial charge in [0.05, 0.1) is 11.8 Å². The Balaban J connectivity index is 2.13. The maximum absolute atomic E-state index is 11.6. The van der Waals surface area contributed by atoms with Crippen molar-refractivity contribution < 1.29 is 9.32 Å². The monoisotopic (exact) mass is 266 g/mol. The van der Waals surface area contributed by atoms with Crippen molar-refractivity contribution in [3.63, 3.8) is 0 Å². The average molecular weight is 267 g/mol. The van der Waals surface area contributed by atoms with Gasteiger partial charge in [-0.2, -0.15) is 0 Å². The average Bonchev–Trinajstić information content (AvgIpc) is 2.70. The number of aromatic nitrogens is 1. The summed E-state index contributed by atoms with van der Waals surface area (Å²) in [6.45, 7) is 0. The zero-order chi connectivity index (χ0) is 10.7. The van der Waals surface area contributed by atoms with Crippen molar-refractivity contribution in [1.29, 1.82) is 0 Å². The van der Waals surface area contributed by atoms with E-state index in [0.717, 1.165) is 10.2 Å². The first-order valence-electron chi connectivity index (χ1n) is 4.22. The number of rotatable bonds is 2. The second kappa shape index (κ2) is 4.27. The highest BCUT2D eigenvalue weighted by Crippen LogP contribution is 2.16. The Bertz CT molecular complexity index is 468. The fourth-order valence-corrected chi connectivity index (χ4v) is 1.49. The highest BCUT2D eigenvalue weighted by atomic mass is 79.9. The Labute approximate surface area is 94.4 Å². The maximum atomic E-state index is 11.6. The predicted molar refractivity (Wildman–Crippen MR) is 58.6 cm³/mol. The highest BCUT2D eigenvalue weighted by molar-refractivity contribution is 9.10. The van der Waals surface area contributed by atoms with Crippen LogP contribution in [0, 0.1) is 0 Å². The molecule has 1 aromatic heterocycles. The van der Waals surface area contributed by atoms with Crippen LogP contribution < -0.4 is 5.32 Å². The molecular formula is C10H7BrN2O2. The van der Waals surface area contributed by atoms with Crippen LogP contribution in [0.3, 0.4) is 0 Å². The van der Waals surface area contributed by atoms with Crippen molar-refractivity contribution >= 4 is 27.5 Å². The number of halogens is 1. The molecule has 1 N–H and O–H groups in total. The second-order valence-electron chi connectivity index (χ2n) is 2.88. The number of nitrogens with zero attached hydrogens (tertiary/aromatic N) is 1. The lowest BCUT2D eigenvalue weighted by Gasteiger charge is -2.02. The topological polar surface area (TPSA) is 55.1 Å². The zero-order valence-electron chi connectivity index (χ0n) is 7.61. The van der Waals surface area contributed by atoms with Crippen LogP contribution in [0.2, 0.25) is 0 Å². The van der Waals surface area contributed by atoms with Crippen molar-refractivity contribution in [2.75, 3.05) is 5.32 Å². The van der Waals surface area contributed by atoms with E-state index in [2.05, 4.69) is 30.9 Å². The van der Waals surface area contributed by atoms with Gasteiger partial charge in [0.1, 0.15) is 6.26 Å². The van der Waals surface area contributed by atoms with Crippen molar-refractivity contribution in [2.45, 2.75) is 0 Å². The number of hydrogen-bond donors (Lipinski definition) is 1. The van der Waals surface area contributed by atoms with Gasteiger partial charge < -0.3 is 9.84 Å². The molecule has 1 heterocycles. The Hall–Kier alpha value is -1.62. The summed E-state index contributed by atoms with van der Waals surface area (Å²) in [6, 6.07) is 7.34. The summed E-state index contributed by atoms with van der Waals surface area (Å²) in [7, 11) is 0. The number of amides is 1. The minimum Gasteiger partial charge on any atom is -0.364 e. The third-order valence-corrected chi connectivity index (χ3v) is 2.27. The summed E-state index contributed by atoms with van der Waals surface area (Å²) in [5, 5.41) is 6.17. The van der Waals surface area contributed by atoms with Crippen LogP contribution in [-0.2, 0) is 0 Å². The van der Waals surface area contributed by atoms with Crippen molar-refractivity contribution in [3.8, 4) is 0 Å². The lowest BCUT2D eigenvalue weighted by atomic mass is 10.3. The minimum atomic E-state index is -0.241. The molecule has 0 aliphatic heterocycles. The number of benzene rings is 1. The van der Waals surface area contributed by atoms with Gasteiger partial charge in [-0.05, 0) is 18.2 Å². The summed E-state index contributed by atoms with van der Waals surface area (Å²) < 4.78 is 5.48. The zero-order valence-corrected chi connectivity index (χ0v) is 9.19. The molecule has 0 aliphatic carbocycles. The molecule has 5 heteroatoms. The van der Waals surface area contributed by atoms with Crippen LogP contribution in [0.25, 0.3) is 0 Å². The van der Waals surface area contributed by atoms with E-state index in [9.17, 15) is 4.79 Å². The van der Waals surface area contributed by atoms with Crippen LogP contribution in [0.1, 0.15) is 10.4 Å². The molecular weight excluding hydrogens is 260 g/mol. The highest BCUT2D eigenvalue weighted by Gasteiger charge is 2.07. The van der Waals surface area contributed by atoms with Crippen LogP contribution in [-0.4, -0.2) is 11.1 Å². The van der Waals surface area contributed by atoms with Gasteiger partial charge in [0, 0.05) is 10.2 Å². The van der Waals surface area contributed by atoms with Gasteiger partial charge in [0.2, 0.25) is 0 Å². The molecule has 4 nitrogen and oxygen atoms in total. The molecule has 0 radical (unpaired) electrons. The summed E-state index contributed by atoms with van der Waals surface area (Å²) >= 11 is 3.32. The molecule has 2 rings (SSSR count). The van der Waals surface area contributed by atoms with Gasteiger partial charge in [-0.15, -0.1) is 0 Å². The van der Waals surface area contributed by atoms with E-state index >= 15 is 0 Å². The van der Waals surface area contributed by atoms with Crippen LogP contribution in [0.4, 0.5) is 5.69 Å². The first-order valence-corrected chi connectivity index (χ1v) is 5.01.